The highest BCUT2D eigenvalue weighted by Crippen LogP contribution is 2.26. The number of benzene rings is 3. The lowest BCUT2D eigenvalue weighted by Crippen LogP contribution is -2.29. The molecule has 0 aliphatic heterocycles. The van der Waals surface area contributed by atoms with Gasteiger partial charge in [0, 0.05) is 24.2 Å². The van der Waals surface area contributed by atoms with Crippen molar-refractivity contribution >= 4 is 17.1 Å². The highest BCUT2D eigenvalue weighted by Gasteiger charge is 2.16. The van der Waals surface area contributed by atoms with Gasteiger partial charge in [-0.05, 0) is 24.3 Å². The van der Waals surface area contributed by atoms with Crippen LogP contribution in [0.1, 0.15) is 11.1 Å². The zero-order valence-corrected chi connectivity index (χ0v) is 15.9. The predicted octanol–water partition coefficient (Wildman–Crippen LogP) is 4.51. The topological polar surface area (TPSA) is 64.5 Å². The number of anilines is 1. The monoisotopic (exact) mass is 391 g/mol. The summed E-state index contributed by atoms with van der Waals surface area (Å²) < 4.78 is 25.7. The molecule has 0 radical (unpaired) electrons. The molecule has 0 aliphatic carbocycles. The van der Waals surface area contributed by atoms with Crippen LogP contribution in [0, 0.1) is 5.82 Å². The summed E-state index contributed by atoms with van der Waals surface area (Å²) in [6.07, 6.45) is 0. The molecule has 0 amide bonds. The average Bonchev–Trinajstić information content (AvgIpc) is 3.18. The maximum absolute atomic E-state index is 13.9. The first-order valence-electron chi connectivity index (χ1n) is 9.49. The Bertz CT molecular complexity index is 1060. The molecule has 3 aromatic carbocycles. The Labute approximate surface area is 168 Å². The number of hydrogen-bond acceptors (Lipinski definition) is 5. The Balaban J connectivity index is 1.56. The van der Waals surface area contributed by atoms with E-state index >= 15 is 0 Å². The first-order valence-corrected chi connectivity index (χ1v) is 9.49. The van der Waals surface area contributed by atoms with Gasteiger partial charge < -0.3 is 19.8 Å². The number of nitrogens with zero attached hydrogens (tertiary/aromatic N) is 2. The Morgan fingerprint density at radius 3 is 2.45 bits per heavy atom. The largest absolute Gasteiger partial charge is 0.488 e. The van der Waals surface area contributed by atoms with Crippen LogP contribution in [0.2, 0.25) is 0 Å². The van der Waals surface area contributed by atoms with E-state index in [-0.39, 0.29) is 12.4 Å². The van der Waals surface area contributed by atoms with Crippen LogP contribution in [-0.2, 0) is 13.2 Å². The lowest BCUT2D eigenvalue weighted by atomic mass is 10.2. The molecule has 1 aromatic heterocycles. The molecule has 0 atom stereocenters. The van der Waals surface area contributed by atoms with Crippen LogP contribution in [0.5, 0.6) is 5.75 Å². The van der Waals surface area contributed by atoms with E-state index in [1.54, 1.807) is 18.2 Å². The molecule has 29 heavy (non-hydrogen) atoms. The fourth-order valence-corrected chi connectivity index (χ4v) is 3.15. The molecule has 4 rings (SSSR count). The third-order valence-corrected chi connectivity index (χ3v) is 4.63. The van der Waals surface area contributed by atoms with Gasteiger partial charge in [-0.15, -0.1) is 0 Å². The molecule has 6 heteroatoms. The molecule has 148 valence electrons. The van der Waals surface area contributed by atoms with E-state index in [9.17, 15) is 4.39 Å². The number of aromatic nitrogens is 1. The van der Waals surface area contributed by atoms with Crippen molar-refractivity contribution in [3.63, 3.8) is 0 Å². The van der Waals surface area contributed by atoms with Gasteiger partial charge in [-0.25, -0.2) is 4.39 Å². The van der Waals surface area contributed by atoms with E-state index in [0.29, 0.717) is 37.0 Å². The summed E-state index contributed by atoms with van der Waals surface area (Å²) in [5, 5.41) is 0. The van der Waals surface area contributed by atoms with Crippen molar-refractivity contribution < 1.29 is 13.5 Å². The van der Waals surface area contributed by atoms with Gasteiger partial charge in [0.1, 0.15) is 23.7 Å². The van der Waals surface area contributed by atoms with E-state index in [2.05, 4.69) is 4.98 Å². The summed E-state index contributed by atoms with van der Waals surface area (Å²) in [6, 6.07) is 22.5. The van der Waals surface area contributed by atoms with E-state index < -0.39 is 0 Å². The van der Waals surface area contributed by atoms with Gasteiger partial charge in [0.2, 0.25) is 0 Å². The third kappa shape index (κ3) is 4.38. The van der Waals surface area contributed by atoms with Crippen molar-refractivity contribution in [1.29, 1.82) is 0 Å². The van der Waals surface area contributed by atoms with E-state index in [4.69, 9.17) is 14.9 Å². The minimum atomic E-state index is -0.277. The molecule has 0 fully saturated rings. The van der Waals surface area contributed by atoms with Crippen molar-refractivity contribution in [2.24, 2.45) is 5.73 Å². The lowest BCUT2D eigenvalue weighted by molar-refractivity contribution is 0.296. The second-order valence-corrected chi connectivity index (χ2v) is 6.66. The molecule has 5 nitrogen and oxygen atoms in total. The number of halogens is 1. The smallest absolute Gasteiger partial charge is 0.298 e. The third-order valence-electron chi connectivity index (χ3n) is 4.63. The van der Waals surface area contributed by atoms with Gasteiger partial charge in [-0.2, -0.15) is 4.98 Å². The maximum Gasteiger partial charge on any atom is 0.298 e. The summed E-state index contributed by atoms with van der Waals surface area (Å²) in [7, 11) is 0. The number of hydrogen-bond donors (Lipinski definition) is 1. The minimum absolute atomic E-state index is 0.156. The number of ether oxygens (including phenoxy) is 1. The van der Waals surface area contributed by atoms with Crippen LogP contribution in [0.15, 0.2) is 77.2 Å². The van der Waals surface area contributed by atoms with E-state index in [0.717, 1.165) is 16.7 Å². The summed E-state index contributed by atoms with van der Waals surface area (Å²) in [6.45, 7) is 1.70. The molecule has 1 heterocycles. The van der Waals surface area contributed by atoms with E-state index in [1.165, 1.54) is 6.07 Å². The minimum Gasteiger partial charge on any atom is -0.488 e. The summed E-state index contributed by atoms with van der Waals surface area (Å²) in [5.41, 5.74) is 8.81. The van der Waals surface area contributed by atoms with Crippen molar-refractivity contribution in [3.05, 3.63) is 89.7 Å². The number of nitrogens with two attached hydrogens (primary N) is 1. The van der Waals surface area contributed by atoms with E-state index in [1.807, 2.05) is 53.4 Å². The van der Waals surface area contributed by atoms with Gasteiger partial charge in [-0.1, -0.05) is 48.5 Å². The van der Waals surface area contributed by atoms with Crippen molar-refractivity contribution in [2.75, 3.05) is 18.0 Å². The van der Waals surface area contributed by atoms with Gasteiger partial charge >= 0.3 is 0 Å². The Hall–Kier alpha value is -3.38. The predicted molar refractivity (Wildman–Crippen MR) is 111 cm³/mol. The fraction of sp³-hybridized carbons (Fsp3) is 0.174. The molecule has 4 aromatic rings. The van der Waals surface area contributed by atoms with Crippen LogP contribution in [0.25, 0.3) is 11.1 Å². The molecule has 0 spiro atoms. The van der Waals surface area contributed by atoms with Crippen LogP contribution in [-0.4, -0.2) is 18.1 Å². The van der Waals surface area contributed by atoms with Crippen molar-refractivity contribution in [1.82, 2.24) is 4.98 Å². The second kappa shape index (κ2) is 8.75. The molecule has 0 saturated carbocycles. The van der Waals surface area contributed by atoms with Crippen molar-refractivity contribution in [2.45, 2.75) is 13.2 Å². The number of oxazole rings is 1. The first kappa shape index (κ1) is 19.0. The van der Waals surface area contributed by atoms with Gasteiger partial charge in [0.25, 0.3) is 6.01 Å². The summed E-state index contributed by atoms with van der Waals surface area (Å²) >= 11 is 0. The van der Waals surface area contributed by atoms with Gasteiger partial charge in [-0.3, -0.25) is 0 Å². The number of para-hydroxylation sites is 3. The lowest BCUT2D eigenvalue weighted by Gasteiger charge is -2.21. The molecule has 0 unspecified atom stereocenters. The normalized spacial score (nSPS) is 11.0. The SMILES string of the molecule is NCCN(Cc1ccccc1OCc1ccccc1F)c1nc2ccccc2o1. The molecule has 2 N–H and O–H groups in total. The first-order chi connectivity index (χ1) is 14.2. The van der Waals surface area contributed by atoms with Gasteiger partial charge in [0.15, 0.2) is 5.58 Å². The molecular formula is C23H22FN3O2. The fourth-order valence-electron chi connectivity index (χ4n) is 3.15. The Morgan fingerprint density at radius 2 is 1.66 bits per heavy atom. The molecule has 0 saturated heterocycles. The highest BCUT2D eigenvalue weighted by atomic mass is 19.1. The quantitative estimate of drug-likeness (QED) is 0.479. The Kier molecular flexibility index (Phi) is 5.72. The van der Waals surface area contributed by atoms with Crippen LogP contribution in [0.4, 0.5) is 10.4 Å². The number of fused-ring (bicyclic) bond motifs is 1. The molecule has 0 bridgehead atoms. The van der Waals surface area contributed by atoms with Gasteiger partial charge in [0.05, 0.1) is 6.54 Å². The second-order valence-electron chi connectivity index (χ2n) is 6.66. The zero-order chi connectivity index (χ0) is 20.1. The average molecular weight is 391 g/mol. The zero-order valence-electron chi connectivity index (χ0n) is 15.9. The Morgan fingerprint density at radius 1 is 0.931 bits per heavy atom. The van der Waals surface area contributed by atoms with Crippen molar-refractivity contribution in [3.8, 4) is 5.75 Å². The molecular weight excluding hydrogens is 369 g/mol. The summed E-state index contributed by atoms with van der Waals surface area (Å²) in [5.74, 6) is 0.412. The number of rotatable bonds is 8. The van der Waals surface area contributed by atoms with Crippen LogP contribution in [0.3, 0.4) is 0 Å². The molecule has 0 aliphatic rings. The van der Waals surface area contributed by atoms with Crippen LogP contribution >= 0.6 is 0 Å². The standard InChI is InChI=1S/C23H22FN3O2/c24-19-9-3-1-8-18(19)16-28-21-11-5-2-7-17(21)15-27(14-13-25)23-26-20-10-4-6-12-22(20)29-23/h1-12H,13-16,25H2. The maximum atomic E-state index is 13.9. The summed E-state index contributed by atoms with van der Waals surface area (Å²) in [4.78, 5) is 6.55. The highest BCUT2D eigenvalue weighted by molar-refractivity contribution is 5.74. The van der Waals surface area contributed by atoms with Crippen LogP contribution < -0.4 is 15.4 Å².